The maximum Gasteiger partial charge on any atom is 0.181 e. The molecular weight excluding hydrogens is 441 g/mol. The van der Waals surface area contributed by atoms with Crippen LogP contribution in [0.1, 0.15) is 46.0 Å². The predicted octanol–water partition coefficient (Wildman–Crippen LogP) is 4.94. The van der Waals surface area contributed by atoms with Crippen molar-refractivity contribution < 1.29 is 13.2 Å². The van der Waals surface area contributed by atoms with Gasteiger partial charge in [-0.05, 0) is 75.3 Å². The Kier molecular flexibility index (Phi) is 6.51. The van der Waals surface area contributed by atoms with Gasteiger partial charge in [0, 0.05) is 19.1 Å². The maximum absolute atomic E-state index is 13.4. The van der Waals surface area contributed by atoms with Crippen LogP contribution in [0.4, 0.5) is 0 Å². The van der Waals surface area contributed by atoms with Crippen LogP contribution in [0.25, 0.3) is 0 Å². The van der Waals surface area contributed by atoms with Crippen LogP contribution in [0.5, 0.6) is 0 Å². The van der Waals surface area contributed by atoms with E-state index in [-0.39, 0.29) is 16.2 Å². The molecule has 4 fully saturated rings. The van der Waals surface area contributed by atoms with Crippen molar-refractivity contribution in [3.63, 3.8) is 0 Å². The van der Waals surface area contributed by atoms with Crippen LogP contribution in [0.15, 0.2) is 35.2 Å². The number of sulfone groups is 1. The lowest BCUT2D eigenvalue weighted by Crippen LogP contribution is -2.46. The molecule has 2 saturated carbocycles. The summed E-state index contributed by atoms with van der Waals surface area (Å²) < 4.78 is 32.9. The lowest BCUT2D eigenvalue weighted by molar-refractivity contribution is -0.0225. The second-order valence-electron chi connectivity index (χ2n) is 9.99. The molecule has 0 aromatic heterocycles. The van der Waals surface area contributed by atoms with Crippen LogP contribution < -0.4 is 0 Å². The van der Waals surface area contributed by atoms with E-state index in [1.807, 2.05) is 18.2 Å². The van der Waals surface area contributed by atoms with Crippen LogP contribution in [0, 0.1) is 17.3 Å². The highest BCUT2D eigenvalue weighted by Gasteiger charge is 2.63. The van der Waals surface area contributed by atoms with Gasteiger partial charge in [0.05, 0.1) is 27.7 Å². The predicted molar refractivity (Wildman–Crippen MR) is 122 cm³/mol. The molecule has 1 aromatic carbocycles. The van der Waals surface area contributed by atoms with E-state index in [2.05, 4.69) is 18.7 Å². The Balaban J connectivity index is 0.000000687. The van der Waals surface area contributed by atoms with Gasteiger partial charge < -0.3 is 4.74 Å². The molecule has 1 spiro atoms. The molecule has 1 aromatic rings. The number of halogens is 2. The Labute approximate surface area is 191 Å². The van der Waals surface area contributed by atoms with Gasteiger partial charge >= 0.3 is 0 Å². The summed E-state index contributed by atoms with van der Waals surface area (Å²) in [5, 5.41) is -0.00618. The van der Waals surface area contributed by atoms with E-state index in [0.29, 0.717) is 28.2 Å². The zero-order valence-electron chi connectivity index (χ0n) is 17.9. The summed E-state index contributed by atoms with van der Waals surface area (Å²) in [7, 11) is -3.24. The van der Waals surface area contributed by atoms with Crippen molar-refractivity contribution >= 4 is 33.0 Å². The Morgan fingerprint density at radius 3 is 2.57 bits per heavy atom. The van der Waals surface area contributed by atoms with Gasteiger partial charge in [-0.2, -0.15) is 0 Å². The average molecular weight is 474 g/mol. The molecule has 4 nitrogen and oxygen atoms in total. The number of rotatable bonds is 2. The molecule has 5 atom stereocenters. The maximum atomic E-state index is 13.4. The zero-order valence-corrected chi connectivity index (χ0v) is 20.2. The van der Waals surface area contributed by atoms with Gasteiger partial charge in [0.2, 0.25) is 0 Å². The van der Waals surface area contributed by atoms with Gasteiger partial charge in [-0.25, -0.2) is 8.42 Å². The van der Waals surface area contributed by atoms with Gasteiger partial charge in [0.1, 0.15) is 0 Å². The normalized spacial score (nSPS) is 37.5. The number of fused-ring (bicyclic) bond motifs is 2. The van der Waals surface area contributed by atoms with Gasteiger partial charge in [-0.3, -0.25) is 4.90 Å². The van der Waals surface area contributed by atoms with Crippen molar-refractivity contribution in [2.75, 3.05) is 25.0 Å². The Morgan fingerprint density at radius 2 is 1.87 bits per heavy atom. The van der Waals surface area contributed by atoms with Crippen molar-refractivity contribution in [2.24, 2.45) is 17.3 Å². The quantitative estimate of drug-likeness (QED) is 0.570. The van der Waals surface area contributed by atoms with Crippen LogP contribution in [-0.2, 0) is 14.6 Å². The molecule has 2 aliphatic carbocycles. The Hall–Kier alpha value is -0.330. The van der Waals surface area contributed by atoms with Gasteiger partial charge in [0.15, 0.2) is 9.84 Å². The minimum absolute atomic E-state index is 0.0753. The van der Waals surface area contributed by atoms with Crippen LogP contribution >= 0.6 is 23.2 Å². The first-order chi connectivity index (χ1) is 14.2. The highest BCUT2D eigenvalue weighted by molar-refractivity contribution is 7.92. The summed E-state index contributed by atoms with van der Waals surface area (Å²) in [5.74, 6) is 0.831. The fourth-order valence-electron chi connectivity index (χ4n) is 6.86. The first kappa shape index (κ1) is 22.8. The molecule has 2 bridgehead atoms. The Morgan fingerprint density at radius 1 is 1.17 bits per heavy atom. The standard InChI is InChI=1S/C22H31NO3S.CH2Cl2/c1-21(2)14-20-22-9-8-16(13-22)19(12-17(22)15-23(20)10-11-26-21)27(24,25)18-6-4-3-5-7-18;2-1-3/h3-7,16-17,19-20H,8-15H2,1-2H3;1H2/t16-,17-,19-,20-,22-;/m1./s1. The van der Waals surface area contributed by atoms with E-state index in [0.717, 1.165) is 45.4 Å². The number of hydrogen-bond donors (Lipinski definition) is 0. The number of alkyl halides is 2. The smallest absolute Gasteiger partial charge is 0.181 e. The number of hydrogen-bond acceptors (Lipinski definition) is 4. The average Bonchev–Trinajstić information content (AvgIpc) is 3.16. The molecule has 2 aliphatic heterocycles. The third-order valence-electron chi connectivity index (χ3n) is 8.06. The summed E-state index contributed by atoms with van der Waals surface area (Å²) in [5.41, 5.74) is 0.243. The van der Waals surface area contributed by atoms with E-state index in [1.54, 1.807) is 12.1 Å². The fourth-order valence-corrected chi connectivity index (χ4v) is 8.97. The molecule has 2 saturated heterocycles. The van der Waals surface area contributed by atoms with E-state index < -0.39 is 9.84 Å². The Bertz CT molecular complexity index is 847. The highest BCUT2D eigenvalue weighted by atomic mass is 35.5. The van der Waals surface area contributed by atoms with Gasteiger partial charge in [-0.1, -0.05) is 18.2 Å². The molecule has 168 valence electrons. The SMILES string of the molecule is CC1(C)C[C@H]2N(CCO1)C[C@H]1C[C@@H](S(=O)(=O)c3ccccc3)[C@@H]3CC[C@@]12C3.ClCCl. The van der Waals surface area contributed by atoms with Crippen molar-refractivity contribution in [1.29, 1.82) is 0 Å². The molecular formula is C23H33Cl2NO3S. The van der Waals surface area contributed by atoms with Crippen LogP contribution in [0.3, 0.4) is 0 Å². The number of ether oxygens (including phenoxy) is 1. The van der Waals surface area contributed by atoms with Crippen molar-refractivity contribution in [3.05, 3.63) is 30.3 Å². The second kappa shape index (κ2) is 8.55. The number of nitrogens with zero attached hydrogens (tertiary/aromatic N) is 1. The third-order valence-corrected chi connectivity index (χ3v) is 10.4. The first-order valence-corrected chi connectivity index (χ1v) is 13.6. The largest absolute Gasteiger partial charge is 0.374 e. The molecule has 0 unspecified atom stereocenters. The molecule has 0 radical (unpaired) electrons. The second-order valence-corrected chi connectivity index (χ2v) is 13.0. The molecule has 30 heavy (non-hydrogen) atoms. The summed E-state index contributed by atoms with van der Waals surface area (Å²) in [6.45, 7) is 7.28. The summed E-state index contributed by atoms with van der Waals surface area (Å²) in [6.07, 6.45) is 5.27. The summed E-state index contributed by atoms with van der Waals surface area (Å²) in [6, 6.07) is 9.68. The van der Waals surface area contributed by atoms with Gasteiger partial charge in [-0.15, -0.1) is 23.2 Å². The zero-order chi connectivity index (χ0) is 21.6. The number of benzene rings is 1. The van der Waals surface area contributed by atoms with Crippen molar-refractivity contribution in [3.8, 4) is 0 Å². The molecule has 0 N–H and O–H groups in total. The monoisotopic (exact) mass is 473 g/mol. The van der Waals surface area contributed by atoms with E-state index >= 15 is 0 Å². The van der Waals surface area contributed by atoms with E-state index in [9.17, 15) is 8.42 Å². The summed E-state index contributed by atoms with van der Waals surface area (Å²) >= 11 is 9.53. The minimum atomic E-state index is -3.24. The van der Waals surface area contributed by atoms with Crippen LogP contribution in [0.2, 0.25) is 0 Å². The summed E-state index contributed by atoms with van der Waals surface area (Å²) in [4.78, 5) is 3.15. The van der Waals surface area contributed by atoms with Crippen molar-refractivity contribution in [1.82, 2.24) is 4.90 Å². The fraction of sp³-hybridized carbons (Fsp3) is 0.739. The topological polar surface area (TPSA) is 46.6 Å². The van der Waals surface area contributed by atoms with E-state index in [4.69, 9.17) is 27.9 Å². The van der Waals surface area contributed by atoms with Crippen molar-refractivity contribution in [2.45, 2.75) is 67.7 Å². The highest BCUT2D eigenvalue weighted by Crippen LogP contribution is 2.63. The molecule has 4 aliphatic rings. The van der Waals surface area contributed by atoms with Crippen LogP contribution in [-0.4, -0.2) is 55.2 Å². The third kappa shape index (κ3) is 3.94. The molecule has 2 heterocycles. The lowest BCUT2D eigenvalue weighted by Gasteiger charge is -2.44. The van der Waals surface area contributed by atoms with E-state index in [1.165, 1.54) is 6.42 Å². The molecule has 0 amide bonds. The van der Waals surface area contributed by atoms with Gasteiger partial charge in [0.25, 0.3) is 0 Å². The molecule has 5 rings (SSSR count). The molecule has 7 heteroatoms. The first-order valence-electron chi connectivity index (χ1n) is 11.0. The minimum Gasteiger partial charge on any atom is -0.374 e. The lowest BCUT2D eigenvalue weighted by atomic mass is 9.64.